The van der Waals surface area contributed by atoms with E-state index in [2.05, 4.69) is 10.6 Å². The maximum absolute atomic E-state index is 12.4. The Bertz CT molecular complexity index is 699. The zero-order chi connectivity index (χ0) is 17.0. The van der Waals surface area contributed by atoms with E-state index < -0.39 is 18.0 Å². The molecule has 0 radical (unpaired) electrons. The number of nitrogens with one attached hydrogen (secondary N) is 2. The van der Waals surface area contributed by atoms with Crippen molar-refractivity contribution >= 4 is 35.2 Å². The van der Waals surface area contributed by atoms with Gasteiger partial charge in [-0.25, -0.2) is 9.59 Å². The molecular formula is C16H16Cl2N2O3. The lowest BCUT2D eigenvalue weighted by Gasteiger charge is -2.28. The van der Waals surface area contributed by atoms with Gasteiger partial charge in [0.15, 0.2) is 0 Å². The van der Waals surface area contributed by atoms with Crippen molar-refractivity contribution in [1.29, 1.82) is 0 Å². The van der Waals surface area contributed by atoms with Crippen LogP contribution in [0.4, 0.5) is 4.79 Å². The number of benzene rings is 1. The number of rotatable bonds is 4. The summed E-state index contributed by atoms with van der Waals surface area (Å²) in [6.45, 7) is 3.64. The van der Waals surface area contributed by atoms with E-state index >= 15 is 0 Å². The van der Waals surface area contributed by atoms with Crippen molar-refractivity contribution < 1.29 is 14.3 Å². The Morgan fingerprint density at radius 2 is 2.09 bits per heavy atom. The minimum atomic E-state index is -0.656. The molecule has 7 heteroatoms. The first kappa shape index (κ1) is 17.4. The largest absolute Gasteiger partial charge is 0.458 e. The first-order valence-electron chi connectivity index (χ1n) is 6.95. The molecule has 0 fully saturated rings. The lowest BCUT2D eigenvalue weighted by molar-refractivity contribution is -0.138. The standard InChI is InChI=1S/C16H16Cl2N2O3/c1-3-4-7-23-15(21)13-9(2)19-16(22)20-14(13)10-5-6-11(17)12(18)8-10/h3-6,8,14H,7H2,1-2H3,(H2,19,20,22)/b4-3+/t14-/m1/s1. The van der Waals surface area contributed by atoms with Gasteiger partial charge in [0.25, 0.3) is 0 Å². The summed E-state index contributed by atoms with van der Waals surface area (Å²) in [5.74, 6) is -0.510. The Kier molecular flexibility index (Phi) is 5.69. The zero-order valence-electron chi connectivity index (χ0n) is 12.7. The number of ether oxygens (including phenoxy) is 1. The number of hydrogen-bond donors (Lipinski definition) is 2. The van der Waals surface area contributed by atoms with E-state index in [9.17, 15) is 9.59 Å². The lowest BCUT2D eigenvalue weighted by Crippen LogP contribution is -2.45. The number of urea groups is 1. The summed E-state index contributed by atoms with van der Waals surface area (Å²) < 4.78 is 5.20. The third kappa shape index (κ3) is 4.06. The Morgan fingerprint density at radius 3 is 2.74 bits per heavy atom. The highest BCUT2D eigenvalue weighted by molar-refractivity contribution is 6.42. The molecule has 1 atom stereocenters. The van der Waals surface area contributed by atoms with Gasteiger partial charge < -0.3 is 15.4 Å². The van der Waals surface area contributed by atoms with Crippen LogP contribution < -0.4 is 10.6 Å². The number of carbonyl (C=O) groups excluding carboxylic acids is 2. The molecule has 1 aliphatic rings. The summed E-state index contributed by atoms with van der Waals surface area (Å²) in [7, 11) is 0. The molecule has 1 aromatic carbocycles. The van der Waals surface area contributed by atoms with Crippen LogP contribution in [0.25, 0.3) is 0 Å². The number of halogens is 2. The molecule has 1 aromatic rings. The molecule has 0 unspecified atom stereocenters. The maximum atomic E-state index is 12.4. The van der Waals surface area contributed by atoms with E-state index in [1.807, 2.05) is 6.92 Å². The average Bonchev–Trinajstić information content (AvgIpc) is 2.49. The van der Waals surface area contributed by atoms with Gasteiger partial charge >= 0.3 is 12.0 Å². The molecule has 2 amide bonds. The predicted molar refractivity (Wildman–Crippen MR) is 89.3 cm³/mol. The molecule has 122 valence electrons. The van der Waals surface area contributed by atoms with Crippen molar-refractivity contribution in [1.82, 2.24) is 10.6 Å². The van der Waals surface area contributed by atoms with E-state index in [1.54, 1.807) is 37.3 Å². The van der Waals surface area contributed by atoms with Crippen LogP contribution >= 0.6 is 23.2 Å². The van der Waals surface area contributed by atoms with Crippen LogP contribution in [0.1, 0.15) is 25.5 Å². The van der Waals surface area contributed by atoms with Crippen molar-refractivity contribution in [2.45, 2.75) is 19.9 Å². The molecular weight excluding hydrogens is 339 g/mol. The van der Waals surface area contributed by atoms with Crippen LogP contribution in [-0.2, 0) is 9.53 Å². The summed E-state index contributed by atoms with van der Waals surface area (Å²) in [5, 5.41) is 6.02. The van der Waals surface area contributed by atoms with E-state index in [0.717, 1.165) is 0 Å². The second-order valence-electron chi connectivity index (χ2n) is 4.91. The van der Waals surface area contributed by atoms with Crippen molar-refractivity contribution in [2.75, 3.05) is 6.61 Å². The van der Waals surface area contributed by atoms with E-state index in [1.165, 1.54) is 0 Å². The predicted octanol–water partition coefficient (Wildman–Crippen LogP) is 3.74. The minimum Gasteiger partial charge on any atom is -0.458 e. The van der Waals surface area contributed by atoms with Crippen LogP contribution in [0.15, 0.2) is 41.6 Å². The second kappa shape index (κ2) is 7.53. The normalized spacial score (nSPS) is 17.9. The summed E-state index contributed by atoms with van der Waals surface area (Å²) in [4.78, 5) is 24.1. The molecule has 0 bridgehead atoms. The Labute approximate surface area is 144 Å². The number of carbonyl (C=O) groups is 2. The van der Waals surface area contributed by atoms with Crippen LogP contribution in [0.3, 0.4) is 0 Å². The highest BCUT2D eigenvalue weighted by Gasteiger charge is 2.32. The highest BCUT2D eigenvalue weighted by atomic mass is 35.5. The molecule has 5 nitrogen and oxygen atoms in total. The molecule has 23 heavy (non-hydrogen) atoms. The molecule has 1 heterocycles. The Hall–Kier alpha value is -1.98. The number of esters is 1. The van der Waals surface area contributed by atoms with Gasteiger partial charge in [-0.3, -0.25) is 0 Å². The first-order valence-corrected chi connectivity index (χ1v) is 7.71. The summed E-state index contributed by atoms with van der Waals surface area (Å²) in [6.07, 6.45) is 3.50. The van der Waals surface area contributed by atoms with Crippen LogP contribution in [-0.4, -0.2) is 18.6 Å². The van der Waals surface area contributed by atoms with Crippen molar-refractivity contribution in [3.63, 3.8) is 0 Å². The molecule has 2 rings (SSSR count). The van der Waals surface area contributed by atoms with Crippen molar-refractivity contribution in [3.05, 3.63) is 57.2 Å². The topological polar surface area (TPSA) is 67.4 Å². The summed E-state index contributed by atoms with van der Waals surface area (Å²) >= 11 is 12.0. The van der Waals surface area contributed by atoms with Gasteiger partial charge in [-0.1, -0.05) is 41.4 Å². The maximum Gasteiger partial charge on any atom is 0.338 e. The highest BCUT2D eigenvalue weighted by Crippen LogP contribution is 2.31. The van der Waals surface area contributed by atoms with E-state index in [4.69, 9.17) is 27.9 Å². The van der Waals surface area contributed by atoms with Crippen molar-refractivity contribution in [2.24, 2.45) is 0 Å². The molecule has 1 aliphatic heterocycles. The molecule has 0 aromatic heterocycles. The average molecular weight is 355 g/mol. The molecule has 0 saturated heterocycles. The van der Waals surface area contributed by atoms with Gasteiger partial charge in [0.2, 0.25) is 0 Å². The third-order valence-corrected chi connectivity index (χ3v) is 4.05. The van der Waals surface area contributed by atoms with Gasteiger partial charge in [0, 0.05) is 5.70 Å². The van der Waals surface area contributed by atoms with Gasteiger partial charge in [0.1, 0.15) is 6.61 Å². The fourth-order valence-electron chi connectivity index (χ4n) is 2.20. The van der Waals surface area contributed by atoms with Crippen LogP contribution in [0.2, 0.25) is 10.0 Å². The quantitative estimate of drug-likeness (QED) is 0.639. The lowest BCUT2D eigenvalue weighted by atomic mass is 9.95. The number of hydrogen-bond acceptors (Lipinski definition) is 3. The van der Waals surface area contributed by atoms with Gasteiger partial charge in [-0.05, 0) is 31.5 Å². The number of allylic oxidation sites excluding steroid dienone is 2. The van der Waals surface area contributed by atoms with Crippen LogP contribution in [0, 0.1) is 0 Å². The van der Waals surface area contributed by atoms with Crippen molar-refractivity contribution in [3.8, 4) is 0 Å². The summed E-state index contributed by atoms with van der Waals surface area (Å²) in [6, 6.07) is 3.88. The molecule has 2 N–H and O–H groups in total. The number of amides is 2. The third-order valence-electron chi connectivity index (χ3n) is 3.31. The molecule has 0 aliphatic carbocycles. The Morgan fingerprint density at radius 1 is 1.35 bits per heavy atom. The Balaban J connectivity index is 2.37. The van der Waals surface area contributed by atoms with E-state index in [0.29, 0.717) is 26.9 Å². The summed E-state index contributed by atoms with van der Waals surface area (Å²) in [5.41, 5.74) is 1.41. The minimum absolute atomic E-state index is 0.161. The fraction of sp³-hybridized carbons (Fsp3) is 0.250. The smallest absolute Gasteiger partial charge is 0.338 e. The van der Waals surface area contributed by atoms with Gasteiger partial charge in [-0.2, -0.15) is 0 Å². The van der Waals surface area contributed by atoms with Gasteiger partial charge in [0.05, 0.1) is 21.7 Å². The zero-order valence-corrected chi connectivity index (χ0v) is 14.2. The van der Waals surface area contributed by atoms with Gasteiger partial charge in [-0.15, -0.1) is 0 Å². The van der Waals surface area contributed by atoms with Crippen LogP contribution in [0.5, 0.6) is 0 Å². The molecule has 0 saturated carbocycles. The van der Waals surface area contributed by atoms with E-state index in [-0.39, 0.29) is 6.61 Å². The second-order valence-corrected chi connectivity index (χ2v) is 5.73. The SMILES string of the molecule is C/C=C/COC(=O)C1=C(C)NC(=O)N[C@@H]1c1ccc(Cl)c(Cl)c1. The monoisotopic (exact) mass is 354 g/mol. The first-order chi connectivity index (χ1) is 10.9. The fourth-order valence-corrected chi connectivity index (χ4v) is 2.51. The molecule has 0 spiro atoms.